The zero-order chi connectivity index (χ0) is 4.50. The summed E-state index contributed by atoms with van der Waals surface area (Å²) < 4.78 is 8.55. The molecule has 4 nitrogen and oxygen atoms in total. The first-order chi connectivity index (χ1) is 2.00. The number of hydrogen-bond acceptors (Lipinski definition) is 4. The maximum Gasteiger partial charge on any atom is 4.00 e. The van der Waals surface area contributed by atoms with Gasteiger partial charge in [-0.2, -0.15) is 7.82 Å². The van der Waals surface area contributed by atoms with Crippen molar-refractivity contribution in [1.82, 2.24) is 0 Å². The van der Waals surface area contributed by atoms with Gasteiger partial charge in [-0.3, -0.25) is 0 Å². The van der Waals surface area contributed by atoms with Crippen LogP contribution in [-0.4, -0.2) is 0 Å². The van der Waals surface area contributed by atoms with Crippen molar-refractivity contribution in [2.24, 2.45) is 0 Å². The largest absolute Gasteiger partial charge is 4.00 e. The molecule has 0 amide bonds. The quantitative estimate of drug-likeness (QED) is 0.348. The fraction of sp³-hybridized carbons (Fsp3) is 0. The van der Waals surface area contributed by atoms with Crippen molar-refractivity contribution in [2.45, 2.75) is 0 Å². The normalized spacial score (nSPS) is 7.38. The summed E-state index contributed by atoms with van der Waals surface area (Å²) in [5.74, 6) is 0. The predicted molar refractivity (Wildman–Crippen MR) is 7.61 cm³/mol. The second-order valence-electron chi connectivity index (χ2n) is 0.447. The van der Waals surface area contributed by atoms with E-state index in [0.717, 1.165) is 0 Å². The van der Waals surface area contributed by atoms with Crippen LogP contribution >= 0.6 is 7.82 Å². The molecule has 0 aliphatic heterocycles. The Bertz CT molecular complexity index is 62.2. The smallest absolute Gasteiger partial charge is 0.822 e. The molecule has 0 spiro atoms. The third kappa shape index (κ3) is 99.9. The summed E-state index contributed by atoms with van der Waals surface area (Å²) in [5, 5.41) is 0. The minimum Gasteiger partial charge on any atom is -0.822 e. The molecule has 0 aliphatic rings. The number of rotatable bonds is 0. The van der Waals surface area contributed by atoms with Gasteiger partial charge >= 0.3 is 58.3 Å². The third-order valence-electron chi connectivity index (χ3n) is 0. The van der Waals surface area contributed by atoms with Gasteiger partial charge in [-0.15, -0.1) is 0 Å². The second-order valence-corrected chi connectivity index (χ2v) is 1.34. The molecule has 0 radical (unpaired) electrons. The van der Waals surface area contributed by atoms with Gasteiger partial charge in [0, 0.05) is 0 Å². The van der Waals surface area contributed by atoms with Crippen LogP contribution in [0.1, 0.15) is 0 Å². The van der Waals surface area contributed by atoms with Gasteiger partial charge in [-0.1, -0.05) is 0 Å². The molecule has 0 saturated heterocycles. The van der Waals surface area contributed by atoms with Crippen molar-refractivity contribution in [3.8, 4) is 0 Å². The molecule has 0 unspecified atom stereocenters. The Balaban J connectivity index is -0.0000000267. The van der Waals surface area contributed by atoms with Gasteiger partial charge in [0.2, 0.25) is 0 Å². The monoisotopic (exact) mass is 263 g/mol. The summed E-state index contributed by atoms with van der Waals surface area (Å²) in [7, 11) is -5.39. The fourth-order valence-corrected chi connectivity index (χ4v) is 0. The fourth-order valence-electron chi connectivity index (χ4n) is 0. The Morgan fingerprint density at radius 3 is 1.12 bits per heavy atom. The molecule has 0 aromatic rings. The van der Waals surface area contributed by atoms with Crippen LogP contribution in [0.4, 0.5) is 0 Å². The Morgan fingerprint density at radius 2 is 1.12 bits per heavy atom. The molecule has 0 atom stereocenters. The van der Waals surface area contributed by atoms with E-state index in [2.05, 4.69) is 0 Å². The van der Waals surface area contributed by atoms with Crippen LogP contribution in [-0.2, 0) is 62.8 Å². The van der Waals surface area contributed by atoms with Gasteiger partial charge in [0.1, 0.15) is 0 Å². The van der Waals surface area contributed by atoms with Crippen molar-refractivity contribution in [3.05, 3.63) is 0 Å². The van der Waals surface area contributed by atoms with Gasteiger partial charge in [-0.05, 0) is 0 Å². The van der Waals surface area contributed by atoms with Crippen molar-refractivity contribution >= 4 is 7.82 Å². The molecule has 8 heavy (non-hydrogen) atoms. The summed E-state index contributed by atoms with van der Waals surface area (Å²) in [4.78, 5) is 25.6. The molecule has 0 aromatic carbocycles. The zero-order valence-corrected chi connectivity index (χ0v) is 10.2. The van der Waals surface area contributed by atoms with Gasteiger partial charge in [0.25, 0.3) is 0 Å². The molecular weight excluding hydrogens is 264 g/mol. The molecule has 0 N–H and O–H groups in total. The van der Waals surface area contributed by atoms with E-state index in [1.807, 2.05) is 0 Å². The predicted octanol–water partition coefficient (Wildman–Crippen LogP) is -2.83. The van der Waals surface area contributed by atoms with Crippen molar-refractivity contribution in [2.75, 3.05) is 0 Å². The average molecular weight is 264 g/mol. The summed E-state index contributed by atoms with van der Waals surface area (Å²) in [6, 6.07) is 0. The Kier molecular flexibility index (Phi) is 25.2. The zero-order valence-electron chi connectivity index (χ0n) is 3.64. The first kappa shape index (κ1) is 22.5. The van der Waals surface area contributed by atoms with Crippen LogP contribution in [0.2, 0.25) is 0 Å². The molecule has 0 rings (SSSR count). The second kappa shape index (κ2) is 8.97. The SMILES string of the molecule is O=P([O-])([O-])[O-].[Fe+2].[Ti+4].[Zn+2]. The Hall–Kier alpha value is 1.97. The summed E-state index contributed by atoms with van der Waals surface area (Å²) in [6.45, 7) is 0. The molecule has 0 aliphatic carbocycles. The molecule has 0 fully saturated rings. The van der Waals surface area contributed by atoms with Gasteiger partial charge in [-0.25, -0.2) is 0 Å². The van der Waals surface area contributed by atoms with Crippen molar-refractivity contribution in [1.29, 1.82) is 0 Å². The van der Waals surface area contributed by atoms with E-state index in [9.17, 15) is 0 Å². The Morgan fingerprint density at radius 1 is 1.12 bits per heavy atom. The van der Waals surface area contributed by atoms with E-state index >= 15 is 0 Å². The van der Waals surface area contributed by atoms with Crippen molar-refractivity contribution < 1.29 is 77.5 Å². The number of hydrogen-bond donors (Lipinski definition) is 0. The van der Waals surface area contributed by atoms with Crippen LogP contribution in [0.25, 0.3) is 0 Å². The number of phosphoric acid groups is 1. The summed E-state index contributed by atoms with van der Waals surface area (Å²) in [5.41, 5.74) is 0. The van der Waals surface area contributed by atoms with E-state index in [1.165, 1.54) is 0 Å². The summed E-state index contributed by atoms with van der Waals surface area (Å²) >= 11 is 0. The maximum atomic E-state index is 8.55. The first-order valence-electron chi connectivity index (χ1n) is 0.730. The molecule has 38 valence electrons. The minimum atomic E-state index is -5.39. The molecule has 0 saturated carbocycles. The molecule has 0 aromatic heterocycles. The average Bonchev–Trinajstić information content (AvgIpc) is 0.722. The Labute approximate surface area is 84.8 Å². The molecule has 0 heterocycles. The van der Waals surface area contributed by atoms with Gasteiger partial charge in [0.15, 0.2) is 0 Å². The van der Waals surface area contributed by atoms with E-state index in [4.69, 9.17) is 19.2 Å². The first-order valence-corrected chi connectivity index (χ1v) is 2.19. The van der Waals surface area contributed by atoms with Crippen molar-refractivity contribution in [3.63, 3.8) is 0 Å². The van der Waals surface area contributed by atoms with Gasteiger partial charge < -0.3 is 19.2 Å². The molecule has 8 heteroatoms. The topological polar surface area (TPSA) is 86.2 Å². The maximum absolute atomic E-state index is 8.55. The van der Waals surface area contributed by atoms with E-state index in [-0.39, 0.29) is 58.3 Å². The van der Waals surface area contributed by atoms with E-state index in [1.54, 1.807) is 0 Å². The van der Waals surface area contributed by atoms with Crippen LogP contribution in [0.5, 0.6) is 0 Å². The van der Waals surface area contributed by atoms with E-state index in [0.29, 0.717) is 0 Å². The van der Waals surface area contributed by atoms with Crippen LogP contribution in [0.15, 0.2) is 0 Å². The molecule has 0 bridgehead atoms. The third-order valence-corrected chi connectivity index (χ3v) is 0. The van der Waals surface area contributed by atoms with Crippen LogP contribution in [0.3, 0.4) is 0 Å². The minimum absolute atomic E-state index is 0. The van der Waals surface area contributed by atoms with E-state index < -0.39 is 7.82 Å². The summed E-state index contributed by atoms with van der Waals surface area (Å²) in [6.07, 6.45) is 0. The standard InChI is InChI=1S/Fe.H3O4P.Ti.Zn/c;1-5(2,3)4;;/h;(H3,1,2,3,4);;/q+2;;+4;+2/p-3. The molecular formula is FeO4PTiZn+5. The van der Waals surface area contributed by atoms with Crippen LogP contribution < -0.4 is 14.7 Å². The van der Waals surface area contributed by atoms with Gasteiger partial charge in [0.05, 0.1) is 0 Å². The van der Waals surface area contributed by atoms with Crippen LogP contribution in [0, 0.1) is 0 Å².